The van der Waals surface area contributed by atoms with Crippen LogP contribution in [0.5, 0.6) is 0 Å². The first-order valence-electron chi connectivity index (χ1n) is 4.49. The second-order valence-corrected chi connectivity index (χ2v) is 3.19. The number of aromatic nitrogens is 1. The molecular formula is C11H16N2. The summed E-state index contributed by atoms with van der Waals surface area (Å²) in [5, 5.41) is 3.20. The van der Waals surface area contributed by atoms with Gasteiger partial charge >= 0.3 is 0 Å². The number of rotatable bonds is 3. The summed E-state index contributed by atoms with van der Waals surface area (Å²) in [5.41, 5.74) is 2.47. The van der Waals surface area contributed by atoms with E-state index >= 15 is 0 Å². The minimum absolute atomic E-state index is 0.417. The molecule has 0 saturated heterocycles. The Labute approximate surface area is 79.7 Å². The van der Waals surface area contributed by atoms with Crippen LogP contribution in [0.25, 0.3) is 6.08 Å². The molecule has 0 radical (unpaired) electrons. The van der Waals surface area contributed by atoms with E-state index in [1.807, 2.05) is 19.3 Å². The van der Waals surface area contributed by atoms with Crippen molar-refractivity contribution in [2.24, 2.45) is 0 Å². The second-order valence-electron chi connectivity index (χ2n) is 3.19. The summed E-state index contributed by atoms with van der Waals surface area (Å²) in [6.07, 6.45) is 5.80. The Morgan fingerprint density at radius 2 is 2.38 bits per heavy atom. The van der Waals surface area contributed by atoms with Crippen molar-refractivity contribution in [3.8, 4) is 0 Å². The largest absolute Gasteiger partial charge is 0.314 e. The number of likely N-dealkylation sites (N-methyl/N-ethyl adjacent to an activating group) is 1. The number of hydrogen-bond acceptors (Lipinski definition) is 2. The Hall–Kier alpha value is -1.15. The van der Waals surface area contributed by atoms with E-state index in [0.717, 1.165) is 5.56 Å². The third kappa shape index (κ3) is 2.99. The third-order valence-electron chi connectivity index (χ3n) is 2.19. The van der Waals surface area contributed by atoms with Gasteiger partial charge in [0, 0.05) is 18.4 Å². The highest BCUT2D eigenvalue weighted by Gasteiger charge is 1.99. The fourth-order valence-corrected chi connectivity index (χ4v) is 1.08. The van der Waals surface area contributed by atoms with Crippen LogP contribution in [-0.2, 0) is 0 Å². The van der Waals surface area contributed by atoms with Gasteiger partial charge in [-0.05, 0) is 32.5 Å². The molecule has 1 rings (SSSR count). The summed E-state index contributed by atoms with van der Waals surface area (Å²) in [5.74, 6) is 0. The zero-order valence-corrected chi connectivity index (χ0v) is 8.41. The lowest BCUT2D eigenvalue weighted by molar-refractivity contribution is 0.696. The van der Waals surface area contributed by atoms with E-state index in [1.165, 1.54) is 5.57 Å². The molecule has 1 atom stereocenters. The first-order chi connectivity index (χ1) is 6.24. The highest BCUT2D eigenvalue weighted by atomic mass is 14.9. The topological polar surface area (TPSA) is 24.9 Å². The van der Waals surface area contributed by atoms with Gasteiger partial charge in [-0.2, -0.15) is 0 Å². The molecule has 0 fully saturated rings. The Morgan fingerprint density at radius 3 is 2.92 bits per heavy atom. The number of pyridine rings is 1. The molecular weight excluding hydrogens is 160 g/mol. The van der Waals surface area contributed by atoms with Crippen molar-refractivity contribution in [3.63, 3.8) is 0 Å². The maximum absolute atomic E-state index is 4.06. The van der Waals surface area contributed by atoms with Crippen LogP contribution in [0.3, 0.4) is 0 Å². The van der Waals surface area contributed by atoms with E-state index in [2.05, 4.69) is 36.3 Å². The van der Waals surface area contributed by atoms with Crippen molar-refractivity contribution in [1.82, 2.24) is 10.3 Å². The summed E-state index contributed by atoms with van der Waals surface area (Å²) < 4.78 is 0. The highest BCUT2D eigenvalue weighted by molar-refractivity contribution is 5.52. The molecule has 0 aliphatic heterocycles. The Balaban J connectivity index is 2.77. The second kappa shape index (κ2) is 4.77. The standard InChI is InChI=1S/C11H16N2/c1-9(10(2)12-3)7-11-5-4-6-13-8-11/h4-8,10,12H,1-3H3/b9-7+. The molecule has 0 saturated carbocycles. The van der Waals surface area contributed by atoms with E-state index in [0.29, 0.717) is 6.04 Å². The highest BCUT2D eigenvalue weighted by Crippen LogP contribution is 2.07. The molecule has 1 unspecified atom stereocenters. The van der Waals surface area contributed by atoms with Crippen LogP contribution in [0, 0.1) is 0 Å². The molecule has 1 heterocycles. The lowest BCUT2D eigenvalue weighted by atomic mass is 10.1. The molecule has 2 nitrogen and oxygen atoms in total. The number of nitrogens with zero attached hydrogens (tertiary/aromatic N) is 1. The average Bonchev–Trinajstić information content (AvgIpc) is 2.18. The summed E-state index contributed by atoms with van der Waals surface area (Å²) in [4.78, 5) is 4.06. The van der Waals surface area contributed by atoms with Crippen LogP contribution >= 0.6 is 0 Å². The zero-order valence-electron chi connectivity index (χ0n) is 8.41. The molecule has 0 bridgehead atoms. The van der Waals surface area contributed by atoms with Gasteiger partial charge in [-0.25, -0.2) is 0 Å². The average molecular weight is 176 g/mol. The van der Waals surface area contributed by atoms with E-state index in [9.17, 15) is 0 Å². The van der Waals surface area contributed by atoms with E-state index in [-0.39, 0.29) is 0 Å². The van der Waals surface area contributed by atoms with Crippen LogP contribution < -0.4 is 5.32 Å². The monoisotopic (exact) mass is 176 g/mol. The van der Waals surface area contributed by atoms with Crippen LogP contribution in [0.4, 0.5) is 0 Å². The molecule has 13 heavy (non-hydrogen) atoms. The summed E-state index contributed by atoms with van der Waals surface area (Å²) in [7, 11) is 1.96. The first-order valence-corrected chi connectivity index (χ1v) is 4.49. The lowest BCUT2D eigenvalue weighted by Crippen LogP contribution is -2.21. The predicted octanol–water partition coefficient (Wildman–Crippen LogP) is 2.09. The Bertz CT molecular complexity index is 277. The smallest absolute Gasteiger partial charge is 0.0340 e. The van der Waals surface area contributed by atoms with Gasteiger partial charge in [0.1, 0.15) is 0 Å². The quantitative estimate of drug-likeness (QED) is 0.762. The molecule has 2 heteroatoms. The normalized spacial score (nSPS) is 14.2. The van der Waals surface area contributed by atoms with Gasteiger partial charge in [-0.1, -0.05) is 17.7 Å². The van der Waals surface area contributed by atoms with Crippen LogP contribution in [-0.4, -0.2) is 18.1 Å². The van der Waals surface area contributed by atoms with Gasteiger partial charge < -0.3 is 5.32 Å². The van der Waals surface area contributed by atoms with Crippen molar-refractivity contribution >= 4 is 6.08 Å². The minimum Gasteiger partial charge on any atom is -0.314 e. The summed E-state index contributed by atoms with van der Waals surface area (Å²) in [6, 6.07) is 4.42. The summed E-state index contributed by atoms with van der Waals surface area (Å²) >= 11 is 0. The van der Waals surface area contributed by atoms with Crippen LogP contribution in [0.15, 0.2) is 30.1 Å². The van der Waals surface area contributed by atoms with Crippen molar-refractivity contribution in [1.29, 1.82) is 0 Å². The van der Waals surface area contributed by atoms with Gasteiger partial charge in [-0.15, -0.1) is 0 Å². The van der Waals surface area contributed by atoms with Crippen molar-refractivity contribution in [2.45, 2.75) is 19.9 Å². The van der Waals surface area contributed by atoms with Gasteiger partial charge in [0.05, 0.1) is 0 Å². The number of nitrogens with one attached hydrogen (secondary N) is 1. The fraction of sp³-hybridized carbons (Fsp3) is 0.364. The molecule has 1 N–H and O–H groups in total. The van der Waals surface area contributed by atoms with Gasteiger partial charge in [0.15, 0.2) is 0 Å². The maximum Gasteiger partial charge on any atom is 0.0340 e. The number of hydrogen-bond donors (Lipinski definition) is 1. The van der Waals surface area contributed by atoms with Gasteiger partial charge in [0.25, 0.3) is 0 Å². The molecule has 1 aromatic rings. The van der Waals surface area contributed by atoms with E-state index < -0.39 is 0 Å². The van der Waals surface area contributed by atoms with Crippen molar-refractivity contribution in [3.05, 3.63) is 35.7 Å². The lowest BCUT2D eigenvalue weighted by Gasteiger charge is -2.10. The summed E-state index contributed by atoms with van der Waals surface area (Å²) in [6.45, 7) is 4.26. The maximum atomic E-state index is 4.06. The van der Waals surface area contributed by atoms with E-state index in [4.69, 9.17) is 0 Å². The predicted molar refractivity (Wildman–Crippen MR) is 56.4 cm³/mol. The van der Waals surface area contributed by atoms with Gasteiger partial charge in [0.2, 0.25) is 0 Å². The fourth-order valence-electron chi connectivity index (χ4n) is 1.08. The molecule has 1 aromatic heterocycles. The van der Waals surface area contributed by atoms with Crippen molar-refractivity contribution in [2.75, 3.05) is 7.05 Å². The van der Waals surface area contributed by atoms with E-state index in [1.54, 1.807) is 6.20 Å². The SMILES string of the molecule is CNC(C)/C(C)=C/c1cccnc1. The van der Waals surface area contributed by atoms with Crippen molar-refractivity contribution < 1.29 is 0 Å². The Kier molecular flexibility index (Phi) is 3.65. The van der Waals surface area contributed by atoms with Crippen LogP contribution in [0.1, 0.15) is 19.4 Å². The molecule has 70 valence electrons. The molecule has 0 aliphatic carbocycles. The molecule has 0 amide bonds. The minimum atomic E-state index is 0.417. The molecule has 0 aromatic carbocycles. The van der Waals surface area contributed by atoms with Gasteiger partial charge in [-0.3, -0.25) is 4.98 Å². The molecule has 0 aliphatic rings. The Morgan fingerprint density at radius 1 is 1.62 bits per heavy atom. The molecule has 0 spiro atoms. The zero-order chi connectivity index (χ0) is 9.68. The van der Waals surface area contributed by atoms with Crippen LogP contribution in [0.2, 0.25) is 0 Å². The first kappa shape index (κ1) is 9.93. The third-order valence-corrected chi connectivity index (χ3v) is 2.19.